The number of pyridine rings is 1. The summed E-state index contributed by atoms with van der Waals surface area (Å²) in [5, 5.41) is 0. The molecule has 0 fully saturated rings. The van der Waals surface area contributed by atoms with Crippen LogP contribution in [-0.4, -0.2) is 10.4 Å². The molecule has 3 rings (SSSR count). The van der Waals surface area contributed by atoms with Gasteiger partial charge >= 0.3 is 0 Å². The normalized spacial score (nSPS) is 10.4. The number of ketones is 1. The van der Waals surface area contributed by atoms with E-state index in [1.807, 2.05) is 30.3 Å². The van der Waals surface area contributed by atoms with Crippen LogP contribution < -0.4 is 10.3 Å². The van der Waals surface area contributed by atoms with Crippen molar-refractivity contribution in [2.75, 3.05) is 0 Å². The molecule has 0 saturated carbocycles. The fourth-order valence-corrected chi connectivity index (χ4v) is 2.51. The minimum Gasteiger partial charge on any atom is -0.489 e. The fourth-order valence-electron chi connectivity index (χ4n) is 2.51. The van der Waals surface area contributed by atoms with Gasteiger partial charge in [-0.05, 0) is 42.8 Å². The smallest absolute Gasteiger partial charge is 0.253 e. The van der Waals surface area contributed by atoms with Gasteiger partial charge in [-0.25, -0.2) is 0 Å². The van der Waals surface area contributed by atoms with Gasteiger partial charge < -0.3 is 9.30 Å². The highest BCUT2D eigenvalue weighted by Gasteiger charge is 2.09. The van der Waals surface area contributed by atoms with Gasteiger partial charge in [-0.15, -0.1) is 0 Å². The van der Waals surface area contributed by atoms with E-state index in [9.17, 15) is 9.59 Å². The molecule has 0 unspecified atom stereocenters. The van der Waals surface area contributed by atoms with Crippen molar-refractivity contribution < 1.29 is 9.53 Å². The molecule has 0 atom stereocenters. The summed E-state index contributed by atoms with van der Waals surface area (Å²) in [4.78, 5) is 24.4. The first-order chi connectivity index (χ1) is 12.1. The van der Waals surface area contributed by atoms with E-state index in [0.29, 0.717) is 23.5 Å². The number of Topliss-reactive ketones (excluding diaryl/α,β-unsaturated/α-hetero) is 1. The molecule has 0 N–H and O–H groups in total. The van der Waals surface area contributed by atoms with E-state index in [1.54, 1.807) is 49.5 Å². The van der Waals surface area contributed by atoms with Gasteiger partial charge in [-0.1, -0.05) is 36.4 Å². The maximum Gasteiger partial charge on any atom is 0.253 e. The van der Waals surface area contributed by atoms with Gasteiger partial charge in [-0.2, -0.15) is 0 Å². The minimum atomic E-state index is -0.140. The van der Waals surface area contributed by atoms with Crippen molar-refractivity contribution >= 4 is 5.78 Å². The predicted molar refractivity (Wildman–Crippen MR) is 97.0 cm³/mol. The van der Waals surface area contributed by atoms with Gasteiger partial charge in [0, 0.05) is 17.3 Å². The molecule has 2 aromatic carbocycles. The Hall–Kier alpha value is -3.14. The number of aromatic nitrogens is 1. The maximum absolute atomic E-state index is 12.4. The van der Waals surface area contributed by atoms with E-state index in [0.717, 1.165) is 5.56 Å². The number of nitrogens with zero attached hydrogens (tertiary/aromatic N) is 1. The number of hydrogen-bond donors (Lipinski definition) is 0. The Morgan fingerprint density at radius 2 is 1.68 bits per heavy atom. The number of hydrogen-bond acceptors (Lipinski definition) is 3. The first kappa shape index (κ1) is 16.7. The summed E-state index contributed by atoms with van der Waals surface area (Å²) in [5.41, 5.74) is 2.13. The van der Waals surface area contributed by atoms with Crippen molar-refractivity contribution in [3.05, 3.63) is 100.0 Å². The van der Waals surface area contributed by atoms with Crippen LogP contribution in [0.1, 0.15) is 21.5 Å². The van der Waals surface area contributed by atoms with E-state index >= 15 is 0 Å². The number of ether oxygens (including phenoxy) is 1. The lowest BCUT2D eigenvalue weighted by atomic mass is 10.1. The fraction of sp³-hybridized carbons (Fsp3) is 0.143. The molecule has 1 heterocycles. The molecule has 3 aromatic rings. The Bertz CT molecular complexity index is 912. The third kappa shape index (κ3) is 4.23. The van der Waals surface area contributed by atoms with Crippen LogP contribution in [0.5, 0.6) is 5.75 Å². The van der Waals surface area contributed by atoms with Gasteiger partial charge in [-0.3, -0.25) is 9.59 Å². The Labute approximate surface area is 146 Å². The summed E-state index contributed by atoms with van der Waals surface area (Å²) in [7, 11) is 0. The molecule has 4 heteroatoms. The second kappa shape index (κ2) is 7.62. The van der Waals surface area contributed by atoms with Crippen LogP contribution >= 0.6 is 0 Å². The molecule has 0 saturated heterocycles. The zero-order chi connectivity index (χ0) is 17.6. The number of carbonyl (C=O) groups excluding carboxylic acids is 1. The summed E-state index contributed by atoms with van der Waals surface area (Å²) in [6.07, 6.45) is 1.63. The summed E-state index contributed by atoms with van der Waals surface area (Å²) >= 11 is 0. The van der Waals surface area contributed by atoms with Gasteiger partial charge in [0.15, 0.2) is 5.78 Å². The van der Waals surface area contributed by atoms with Crippen LogP contribution in [0.25, 0.3) is 0 Å². The molecule has 0 bridgehead atoms. The van der Waals surface area contributed by atoms with Crippen LogP contribution in [0.3, 0.4) is 0 Å². The van der Waals surface area contributed by atoms with Crippen LogP contribution in [0.15, 0.2) is 77.7 Å². The molecule has 0 radical (unpaired) electrons. The minimum absolute atomic E-state index is 0.0325. The molecule has 126 valence electrons. The summed E-state index contributed by atoms with van der Waals surface area (Å²) in [6.45, 7) is 2.25. The van der Waals surface area contributed by atoms with Gasteiger partial charge in [0.1, 0.15) is 12.4 Å². The third-order valence-corrected chi connectivity index (χ3v) is 3.95. The molecular weight excluding hydrogens is 314 g/mol. The average molecular weight is 333 g/mol. The zero-order valence-electron chi connectivity index (χ0n) is 14.0. The van der Waals surface area contributed by atoms with Gasteiger partial charge in [0.2, 0.25) is 0 Å². The zero-order valence-corrected chi connectivity index (χ0v) is 14.0. The van der Waals surface area contributed by atoms with Crippen molar-refractivity contribution in [3.63, 3.8) is 0 Å². The first-order valence-corrected chi connectivity index (χ1v) is 8.09. The monoisotopic (exact) mass is 333 g/mol. The lowest BCUT2D eigenvalue weighted by molar-refractivity contribution is 0.0970. The van der Waals surface area contributed by atoms with E-state index < -0.39 is 0 Å². The van der Waals surface area contributed by atoms with Crippen molar-refractivity contribution in [1.29, 1.82) is 0 Å². The quantitative estimate of drug-likeness (QED) is 0.647. The van der Waals surface area contributed by atoms with Gasteiger partial charge in [0.25, 0.3) is 5.56 Å². The summed E-state index contributed by atoms with van der Waals surface area (Å²) in [5.74, 6) is 0.593. The predicted octanol–water partition coefficient (Wildman–Crippen LogP) is 3.62. The molecular formula is C21H19NO3. The van der Waals surface area contributed by atoms with Crippen molar-refractivity contribution in [1.82, 2.24) is 4.57 Å². The Kier molecular flexibility index (Phi) is 5.09. The average Bonchev–Trinajstić information content (AvgIpc) is 2.65. The molecule has 0 aliphatic rings. The Morgan fingerprint density at radius 3 is 2.40 bits per heavy atom. The first-order valence-electron chi connectivity index (χ1n) is 8.09. The highest BCUT2D eigenvalue weighted by Crippen LogP contribution is 2.15. The van der Waals surface area contributed by atoms with Crippen LogP contribution in [0.2, 0.25) is 0 Å². The molecule has 0 spiro atoms. The molecule has 4 nitrogen and oxygen atoms in total. The molecule has 1 aromatic heterocycles. The standard InChI is InChI=1S/C21H19NO3/c1-16-6-5-13-22(21(16)24)14-20(23)18-9-11-19(12-10-18)25-15-17-7-3-2-4-8-17/h2-13H,14-15H2,1H3. The van der Waals surface area contributed by atoms with Crippen molar-refractivity contribution in [2.45, 2.75) is 20.1 Å². The second-order valence-corrected chi connectivity index (χ2v) is 5.85. The van der Waals surface area contributed by atoms with Crippen molar-refractivity contribution in [3.8, 4) is 5.75 Å². The molecule has 25 heavy (non-hydrogen) atoms. The molecule has 0 aliphatic heterocycles. The van der Waals surface area contributed by atoms with Crippen LogP contribution in [0, 0.1) is 6.92 Å². The second-order valence-electron chi connectivity index (χ2n) is 5.85. The highest BCUT2D eigenvalue weighted by molar-refractivity contribution is 5.96. The number of benzene rings is 2. The van der Waals surface area contributed by atoms with Gasteiger partial charge in [0.05, 0.1) is 6.54 Å². The number of rotatable bonds is 6. The Balaban J connectivity index is 1.64. The lowest BCUT2D eigenvalue weighted by Gasteiger charge is -2.08. The molecule has 0 amide bonds. The Morgan fingerprint density at radius 1 is 0.960 bits per heavy atom. The number of aryl methyl sites for hydroxylation is 1. The summed E-state index contributed by atoms with van der Waals surface area (Å²) < 4.78 is 7.14. The van der Waals surface area contributed by atoms with Crippen LogP contribution in [0.4, 0.5) is 0 Å². The third-order valence-electron chi connectivity index (χ3n) is 3.95. The SMILES string of the molecule is Cc1cccn(CC(=O)c2ccc(OCc3ccccc3)cc2)c1=O. The van der Waals surface area contributed by atoms with E-state index in [2.05, 4.69) is 0 Å². The molecule has 0 aliphatic carbocycles. The number of carbonyl (C=O) groups is 1. The van der Waals surface area contributed by atoms with E-state index in [1.165, 1.54) is 4.57 Å². The maximum atomic E-state index is 12.4. The lowest BCUT2D eigenvalue weighted by Crippen LogP contribution is -2.25. The largest absolute Gasteiger partial charge is 0.489 e. The van der Waals surface area contributed by atoms with E-state index in [4.69, 9.17) is 4.74 Å². The van der Waals surface area contributed by atoms with E-state index in [-0.39, 0.29) is 17.9 Å². The topological polar surface area (TPSA) is 48.3 Å². The highest BCUT2D eigenvalue weighted by atomic mass is 16.5. The van der Waals surface area contributed by atoms with Crippen molar-refractivity contribution in [2.24, 2.45) is 0 Å². The summed E-state index contributed by atoms with van der Waals surface area (Å²) in [6, 6.07) is 20.4. The van der Waals surface area contributed by atoms with Crippen LogP contribution in [-0.2, 0) is 13.2 Å².